The van der Waals surface area contributed by atoms with Crippen LogP contribution in [0.15, 0.2) is 41.3 Å². The number of sulfonamides is 1. The van der Waals surface area contributed by atoms with Crippen LogP contribution in [0.5, 0.6) is 5.75 Å². The maximum absolute atomic E-state index is 13.1. The van der Waals surface area contributed by atoms with Crippen molar-refractivity contribution in [3.05, 3.63) is 53.1 Å². The number of rotatable bonds is 8. The number of hydrogen-bond acceptors (Lipinski definition) is 5. The lowest BCUT2D eigenvalue weighted by molar-refractivity contribution is 0.0793. The molecule has 0 radical (unpaired) electrons. The average molecular weight is 474 g/mol. The number of amides is 2. The first-order chi connectivity index (χ1) is 15.7. The predicted molar refractivity (Wildman–Crippen MR) is 127 cm³/mol. The molecular weight excluding hydrogens is 442 g/mol. The first kappa shape index (κ1) is 24.7. The topological polar surface area (TPSA) is 96.0 Å². The van der Waals surface area contributed by atoms with Crippen LogP contribution in [0.1, 0.15) is 53.0 Å². The molecule has 1 aliphatic rings. The van der Waals surface area contributed by atoms with E-state index in [1.54, 1.807) is 30.9 Å². The Kier molecular flexibility index (Phi) is 7.76. The van der Waals surface area contributed by atoms with Crippen molar-refractivity contribution in [1.29, 1.82) is 0 Å². The van der Waals surface area contributed by atoms with Gasteiger partial charge in [-0.1, -0.05) is 26.0 Å². The van der Waals surface area contributed by atoms with Crippen molar-refractivity contribution in [2.75, 3.05) is 38.6 Å². The lowest BCUT2D eigenvalue weighted by atomic mass is 10.0. The molecule has 8 nitrogen and oxygen atoms in total. The smallest absolute Gasteiger partial charge is 0.256 e. The molecule has 0 unspecified atom stereocenters. The van der Waals surface area contributed by atoms with Gasteiger partial charge in [-0.05, 0) is 49.6 Å². The summed E-state index contributed by atoms with van der Waals surface area (Å²) >= 11 is 0. The largest absolute Gasteiger partial charge is 0.495 e. The summed E-state index contributed by atoms with van der Waals surface area (Å²) in [4.78, 5) is 27.9. The van der Waals surface area contributed by atoms with Crippen LogP contribution in [-0.2, 0) is 10.0 Å². The minimum Gasteiger partial charge on any atom is -0.495 e. The molecule has 1 heterocycles. The van der Waals surface area contributed by atoms with Crippen LogP contribution in [0.2, 0.25) is 0 Å². The summed E-state index contributed by atoms with van der Waals surface area (Å²) in [6, 6.07) is 9.59. The number of ether oxygens (including phenoxy) is 1. The molecule has 33 heavy (non-hydrogen) atoms. The highest BCUT2D eigenvalue weighted by Crippen LogP contribution is 2.29. The number of benzene rings is 2. The van der Waals surface area contributed by atoms with Crippen molar-refractivity contribution in [2.45, 2.75) is 38.5 Å². The van der Waals surface area contributed by atoms with E-state index in [0.29, 0.717) is 37.4 Å². The number of likely N-dealkylation sites (tertiary alicyclic amines) is 1. The fraction of sp³-hybridized carbons (Fsp3) is 0.417. The number of hydrogen-bond donors (Lipinski definition) is 1. The van der Waals surface area contributed by atoms with Crippen molar-refractivity contribution in [3.63, 3.8) is 0 Å². The standard InChI is InChI=1S/C24H31N3O5S/c1-5-27(6-2)33(30,31)21-16-18(12-13-20(21)32-4)23(28)25-19-11-9-10-17(3)22(19)24(29)26-14-7-8-15-26/h9-13,16H,5-8,14-15H2,1-4H3,(H,25,28). The third kappa shape index (κ3) is 5.04. The van der Waals surface area contributed by atoms with Crippen molar-refractivity contribution < 1.29 is 22.7 Å². The van der Waals surface area contributed by atoms with Gasteiger partial charge in [-0.2, -0.15) is 4.31 Å². The normalized spacial score (nSPS) is 13.9. The molecule has 0 aromatic heterocycles. The highest BCUT2D eigenvalue weighted by atomic mass is 32.2. The summed E-state index contributed by atoms with van der Waals surface area (Å²) < 4.78 is 32.8. The Morgan fingerprint density at radius 2 is 1.76 bits per heavy atom. The third-order valence-corrected chi connectivity index (χ3v) is 7.95. The second-order valence-corrected chi connectivity index (χ2v) is 9.81. The van der Waals surface area contributed by atoms with Gasteiger partial charge < -0.3 is 15.0 Å². The number of methoxy groups -OCH3 is 1. The van der Waals surface area contributed by atoms with E-state index in [1.807, 2.05) is 13.0 Å². The second-order valence-electron chi connectivity index (χ2n) is 7.91. The van der Waals surface area contributed by atoms with E-state index in [0.717, 1.165) is 18.4 Å². The quantitative estimate of drug-likeness (QED) is 0.633. The van der Waals surface area contributed by atoms with Crippen LogP contribution in [0.25, 0.3) is 0 Å². The van der Waals surface area contributed by atoms with Gasteiger partial charge in [0.2, 0.25) is 10.0 Å². The average Bonchev–Trinajstić information content (AvgIpc) is 3.34. The molecule has 1 fully saturated rings. The molecule has 2 aromatic carbocycles. The van der Waals surface area contributed by atoms with Crippen molar-refractivity contribution in [3.8, 4) is 5.75 Å². The molecule has 0 spiro atoms. The van der Waals surface area contributed by atoms with Gasteiger partial charge >= 0.3 is 0 Å². The first-order valence-electron chi connectivity index (χ1n) is 11.1. The monoisotopic (exact) mass is 473 g/mol. The van der Waals surface area contributed by atoms with E-state index in [-0.39, 0.29) is 22.1 Å². The highest BCUT2D eigenvalue weighted by molar-refractivity contribution is 7.89. The number of anilines is 1. The molecule has 1 N–H and O–H groups in total. The summed E-state index contributed by atoms with van der Waals surface area (Å²) in [5.41, 5.74) is 1.78. The molecule has 0 atom stereocenters. The predicted octanol–water partition coefficient (Wildman–Crippen LogP) is 3.52. The Bertz CT molecular complexity index is 1140. The third-order valence-electron chi connectivity index (χ3n) is 5.88. The fourth-order valence-corrected chi connectivity index (χ4v) is 5.69. The van der Waals surface area contributed by atoms with E-state index in [4.69, 9.17) is 4.74 Å². The van der Waals surface area contributed by atoms with E-state index in [2.05, 4.69) is 5.32 Å². The van der Waals surface area contributed by atoms with Gasteiger partial charge in [0.15, 0.2) is 0 Å². The van der Waals surface area contributed by atoms with Crippen LogP contribution >= 0.6 is 0 Å². The molecule has 1 saturated heterocycles. The number of aryl methyl sites for hydroxylation is 1. The van der Waals surface area contributed by atoms with Gasteiger partial charge in [0.05, 0.1) is 18.4 Å². The van der Waals surface area contributed by atoms with Crippen molar-refractivity contribution in [2.24, 2.45) is 0 Å². The van der Waals surface area contributed by atoms with E-state index >= 15 is 0 Å². The zero-order valence-electron chi connectivity index (χ0n) is 19.6. The summed E-state index contributed by atoms with van der Waals surface area (Å²) in [7, 11) is -2.46. The Hall–Kier alpha value is -2.91. The minimum atomic E-state index is -3.84. The molecule has 3 rings (SSSR count). The van der Waals surface area contributed by atoms with Crippen LogP contribution in [0.4, 0.5) is 5.69 Å². The summed E-state index contributed by atoms with van der Waals surface area (Å²) in [6.07, 6.45) is 1.93. The Morgan fingerprint density at radius 1 is 1.09 bits per heavy atom. The number of carbonyl (C=O) groups excluding carboxylic acids is 2. The number of nitrogens with zero attached hydrogens (tertiary/aromatic N) is 2. The summed E-state index contributed by atoms with van der Waals surface area (Å²) in [5.74, 6) is -0.450. The molecule has 0 bridgehead atoms. The minimum absolute atomic E-state index is 0.0704. The van der Waals surface area contributed by atoms with Crippen molar-refractivity contribution >= 4 is 27.5 Å². The van der Waals surface area contributed by atoms with E-state index in [9.17, 15) is 18.0 Å². The molecule has 0 aliphatic carbocycles. The zero-order valence-corrected chi connectivity index (χ0v) is 20.4. The molecule has 0 saturated carbocycles. The maximum Gasteiger partial charge on any atom is 0.256 e. The zero-order chi connectivity index (χ0) is 24.2. The second kappa shape index (κ2) is 10.4. The number of nitrogens with one attached hydrogen (secondary N) is 1. The lowest BCUT2D eigenvalue weighted by Gasteiger charge is -2.21. The lowest BCUT2D eigenvalue weighted by Crippen LogP contribution is -2.31. The van der Waals surface area contributed by atoms with Gasteiger partial charge in [0.1, 0.15) is 10.6 Å². The molecule has 2 aromatic rings. The fourth-order valence-electron chi connectivity index (χ4n) is 4.05. The summed E-state index contributed by atoms with van der Waals surface area (Å²) in [6.45, 7) is 7.33. The van der Waals surface area contributed by atoms with Gasteiger partial charge in [-0.25, -0.2) is 8.42 Å². The van der Waals surface area contributed by atoms with Crippen LogP contribution in [0.3, 0.4) is 0 Å². The summed E-state index contributed by atoms with van der Waals surface area (Å²) in [5, 5.41) is 2.81. The van der Waals surface area contributed by atoms with E-state index in [1.165, 1.54) is 29.6 Å². The van der Waals surface area contributed by atoms with Gasteiger partial charge in [-0.3, -0.25) is 9.59 Å². The molecule has 178 valence electrons. The maximum atomic E-state index is 13.1. The Labute approximate surface area is 195 Å². The first-order valence-corrected chi connectivity index (χ1v) is 12.6. The molecule has 2 amide bonds. The van der Waals surface area contributed by atoms with Crippen LogP contribution in [-0.4, -0.2) is 62.7 Å². The molecule has 9 heteroatoms. The number of carbonyl (C=O) groups is 2. The molecular formula is C24H31N3O5S. The Balaban J connectivity index is 1.96. The van der Waals surface area contributed by atoms with Gasteiger partial charge in [-0.15, -0.1) is 0 Å². The highest BCUT2D eigenvalue weighted by Gasteiger charge is 2.28. The van der Waals surface area contributed by atoms with Crippen molar-refractivity contribution in [1.82, 2.24) is 9.21 Å². The van der Waals surface area contributed by atoms with E-state index < -0.39 is 15.9 Å². The van der Waals surface area contributed by atoms with Crippen LogP contribution < -0.4 is 10.1 Å². The van der Waals surface area contributed by atoms with Gasteiger partial charge in [0, 0.05) is 31.7 Å². The van der Waals surface area contributed by atoms with Gasteiger partial charge in [0.25, 0.3) is 11.8 Å². The Morgan fingerprint density at radius 3 is 2.36 bits per heavy atom. The molecule has 1 aliphatic heterocycles. The SMILES string of the molecule is CCN(CC)S(=O)(=O)c1cc(C(=O)Nc2cccc(C)c2C(=O)N2CCCC2)ccc1OC. The van der Waals surface area contributed by atoms with Crippen LogP contribution in [0, 0.1) is 6.92 Å².